The van der Waals surface area contributed by atoms with Gasteiger partial charge in [0.15, 0.2) is 0 Å². The Hall–Kier alpha value is -2.99. The summed E-state index contributed by atoms with van der Waals surface area (Å²) >= 11 is 5.98. The molecule has 1 aromatic carbocycles. The van der Waals surface area contributed by atoms with E-state index in [9.17, 15) is 14.0 Å². The highest BCUT2D eigenvalue weighted by Gasteiger charge is 2.18. The number of pyridine rings is 2. The number of aryl methyl sites for hydroxylation is 1. The highest BCUT2D eigenvalue weighted by atomic mass is 35.5. The van der Waals surface area contributed by atoms with Crippen LogP contribution in [0.25, 0.3) is 11.1 Å². The maximum absolute atomic E-state index is 13.7. The molecule has 0 atom stereocenters. The first kappa shape index (κ1) is 18.4. The minimum atomic E-state index is -0.656. The Balaban J connectivity index is 1.72. The van der Waals surface area contributed by atoms with E-state index in [0.717, 1.165) is 22.3 Å². The number of nitrogens with zero attached hydrogens (tertiary/aromatic N) is 2. The third-order valence-electron chi connectivity index (χ3n) is 4.77. The average molecular weight is 398 g/mol. The van der Waals surface area contributed by atoms with Crippen molar-refractivity contribution >= 4 is 23.2 Å². The van der Waals surface area contributed by atoms with Gasteiger partial charge in [0, 0.05) is 42.3 Å². The van der Waals surface area contributed by atoms with Crippen LogP contribution >= 0.6 is 11.6 Å². The van der Waals surface area contributed by atoms with Crippen LogP contribution < -0.4 is 10.9 Å². The minimum Gasteiger partial charge on any atom is -0.326 e. The van der Waals surface area contributed by atoms with Crippen LogP contribution in [0.3, 0.4) is 0 Å². The van der Waals surface area contributed by atoms with E-state index in [1.165, 1.54) is 10.6 Å². The van der Waals surface area contributed by atoms with Gasteiger partial charge in [0.1, 0.15) is 6.67 Å². The summed E-state index contributed by atoms with van der Waals surface area (Å²) in [6.07, 6.45) is 5.95. The summed E-state index contributed by atoms with van der Waals surface area (Å²) in [7, 11) is 0. The Kier molecular flexibility index (Phi) is 4.96. The highest BCUT2D eigenvalue weighted by molar-refractivity contribution is 6.30. The van der Waals surface area contributed by atoms with Gasteiger partial charge in [-0.1, -0.05) is 11.6 Å². The van der Waals surface area contributed by atoms with Crippen molar-refractivity contribution in [2.45, 2.75) is 26.1 Å². The van der Waals surface area contributed by atoms with Gasteiger partial charge in [0.2, 0.25) is 5.91 Å². The summed E-state index contributed by atoms with van der Waals surface area (Å²) in [5.74, 6) is -0.0549. The Morgan fingerprint density at radius 2 is 2.00 bits per heavy atom. The summed E-state index contributed by atoms with van der Waals surface area (Å²) in [5.41, 5.74) is 4.27. The first-order chi connectivity index (χ1) is 13.5. The Morgan fingerprint density at radius 3 is 2.82 bits per heavy atom. The summed E-state index contributed by atoms with van der Waals surface area (Å²) in [6.45, 7) is -0.345. The van der Waals surface area contributed by atoms with Crippen molar-refractivity contribution in [1.29, 1.82) is 0 Å². The molecule has 1 N–H and O–H groups in total. The van der Waals surface area contributed by atoms with Crippen molar-refractivity contribution in [3.05, 3.63) is 81.0 Å². The maximum Gasteiger partial charge on any atom is 0.250 e. The van der Waals surface area contributed by atoms with Gasteiger partial charge in [-0.25, -0.2) is 4.39 Å². The number of rotatable bonds is 4. The summed E-state index contributed by atoms with van der Waals surface area (Å²) < 4.78 is 15.2. The van der Waals surface area contributed by atoms with Crippen molar-refractivity contribution < 1.29 is 9.18 Å². The smallest absolute Gasteiger partial charge is 0.250 e. The number of carbonyl (C=O) groups is 1. The molecule has 0 aliphatic carbocycles. The number of halogens is 2. The van der Waals surface area contributed by atoms with E-state index in [4.69, 9.17) is 11.6 Å². The molecule has 4 rings (SSSR count). The Morgan fingerprint density at radius 1 is 1.14 bits per heavy atom. The van der Waals surface area contributed by atoms with E-state index in [-0.39, 0.29) is 11.5 Å². The largest absolute Gasteiger partial charge is 0.326 e. The average Bonchev–Trinajstić information content (AvgIpc) is 2.70. The molecule has 142 valence electrons. The predicted octanol–water partition coefficient (Wildman–Crippen LogP) is 3.97. The van der Waals surface area contributed by atoms with Gasteiger partial charge >= 0.3 is 0 Å². The lowest BCUT2D eigenvalue weighted by Crippen LogP contribution is -2.19. The molecule has 7 heteroatoms. The molecule has 2 aromatic heterocycles. The van der Waals surface area contributed by atoms with E-state index < -0.39 is 6.67 Å². The SMILES string of the molecule is O=C1CCc2cc(-c3cncc(Cn4cc(Cl)ccc4=O)c3)c(CF)cc2N1. The van der Waals surface area contributed by atoms with Crippen molar-refractivity contribution in [3.63, 3.8) is 0 Å². The fraction of sp³-hybridized carbons (Fsp3) is 0.190. The number of alkyl halides is 1. The topological polar surface area (TPSA) is 64.0 Å². The zero-order valence-electron chi connectivity index (χ0n) is 14.9. The molecule has 0 spiro atoms. The number of amides is 1. The van der Waals surface area contributed by atoms with E-state index in [0.29, 0.717) is 35.7 Å². The maximum atomic E-state index is 13.7. The number of fused-ring (bicyclic) bond motifs is 1. The van der Waals surface area contributed by atoms with E-state index in [2.05, 4.69) is 10.3 Å². The van der Waals surface area contributed by atoms with Gasteiger partial charge < -0.3 is 9.88 Å². The molecule has 1 aliphatic rings. The summed E-state index contributed by atoms with van der Waals surface area (Å²) in [4.78, 5) is 27.9. The third-order valence-corrected chi connectivity index (χ3v) is 5.00. The zero-order valence-corrected chi connectivity index (χ0v) is 15.7. The van der Waals surface area contributed by atoms with Gasteiger partial charge in [-0.3, -0.25) is 14.6 Å². The number of nitrogens with one attached hydrogen (secondary N) is 1. The van der Waals surface area contributed by atoms with Crippen LogP contribution in [-0.4, -0.2) is 15.5 Å². The molecule has 0 unspecified atom stereocenters. The Bertz CT molecular complexity index is 1130. The molecule has 28 heavy (non-hydrogen) atoms. The lowest BCUT2D eigenvalue weighted by atomic mass is 9.93. The molecule has 0 fully saturated rings. The summed E-state index contributed by atoms with van der Waals surface area (Å²) in [5, 5.41) is 3.27. The van der Waals surface area contributed by atoms with Gasteiger partial charge in [0.05, 0.1) is 11.6 Å². The molecule has 3 aromatic rings. The second-order valence-electron chi connectivity index (χ2n) is 6.74. The third kappa shape index (κ3) is 3.68. The molecule has 0 saturated carbocycles. The van der Waals surface area contributed by atoms with Gasteiger partial charge in [0.25, 0.3) is 5.56 Å². The standard InChI is InChI=1S/C21H17ClFN3O2/c22-17-2-4-21(28)26(12-17)11-13-5-16(10-24-9-13)18-6-14-1-3-20(27)25-19(14)7-15(18)8-23/h2,4-7,9-10,12H,1,3,8,11H2,(H,25,27). The Labute approximate surface area is 165 Å². The molecular weight excluding hydrogens is 381 g/mol. The fourth-order valence-electron chi connectivity index (χ4n) is 3.40. The van der Waals surface area contributed by atoms with E-state index >= 15 is 0 Å². The van der Waals surface area contributed by atoms with Crippen molar-refractivity contribution in [3.8, 4) is 11.1 Å². The van der Waals surface area contributed by atoms with Crippen LogP contribution in [0.5, 0.6) is 0 Å². The number of carbonyl (C=O) groups excluding carboxylic acids is 1. The minimum absolute atomic E-state index is 0.0549. The second kappa shape index (κ2) is 7.56. The number of anilines is 1. The molecule has 0 radical (unpaired) electrons. The van der Waals surface area contributed by atoms with Crippen LogP contribution in [0.15, 0.2) is 53.7 Å². The fourth-order valence-corrected chi connectivity index (χ4v) is 3.58. The van der Waals surface area contributed by atoms with Gasteiger partial charge in [-0.2, -0.15) is 0 Å². The van der Waals surface area contributed by atoms with Crippen molar-refractivity contribution in [2.75, 3.05) is 5.32 Å². The second-order valence-corrected chi connectivity index (χ2v) is 7.18. The van der Waals surface area contributed by atoms with E-state index in [1.54, 1.807) is 30.7 Å². The quantitative estimate of drug-likeness (QED) is 0.724. The van der Waals surface area contributed by atoms with E-state index in [1.807, 2.05) is 12.1 Å². The van der Waals surface area contributed by atoms with Crippen LogP contribution in [0.2, 0.25) is 5.02 Å². The van der Waals surface area contributed by atoms with Crippen molar-refractivity contribution in [2.24, 2.45) is 0 Å². The zero-order chi connectivity index (χ0) is 19.7. The first-order valence-corrected chi connectivity index (χ1v) is 9.23. The molecule has 5 nitrogen and oxygen atoms in total. The molecule has 1 aliphatic heterocycles. The first-order valence-electron chi connectivity index (χ1n) is 8.85. The number of aromatic nitrogens is 2. The normalized spacial score (nSPS) is 13.1. The summed E-state index contributed by atoms with van der Waals surface area (Å²) in [6, 6.07) is 8.46. The van der Waals surface area contributed by atoms with Crippen LogP contribution in [0.1, 0.15) is 23.1 Å². The van der Waals surface area contributed by atoms with Crippen LogP contribution in [0.4, 0.5) is 10.1 Å². The lowest BCUT2D eigenvalue weighted by molar-refractivity contribution is -0.116. The van der Waals surface area contributed by atoms with Crippen LogP contribution in [0, 0.1) is 0 Å². The molecule has 0 bridgehead atoms. The predicted molar refractivity (Wildman–Crippen MR) is 106 cm³/mol. The highest BCUT2D eigenvalue weighted by Crippen LogP contribution is 2.33. The molecule has 1 amide bonds. The van der Waals surface area contributed by atoms with Gasteiger partial charge in [-0.15, -0.1) is 0 Å². The molecule has 3 heterocycles. The number of hydrogen-bond acceptors (Lipinski definition) is 3. The van der Waals surface area contributed by atoms with Crippen molar-refractivity contribution in [1.82, 2.24) is 9.55 Å². The number of benzene rings is 1. The van der Waals surface area contributed by atoms with Crippen LogP contribution in [-0.2, 0) is 24.4 Å². The molecular formula is C21H17ClFN3O2. The number of hydrogen-bond donors (Lipinski definition) is 1. The van der Waals surface area contributed by atoms with Gasteiger partial charge in [-0.05, 0) is 52.9 Å². The molecule has 0 saturated heterocycles. The lowest BCUT2D eigenvalue weighted by Gasteiger charge is -2.20. The monoisotopic (exact) mass is 397 g/mol.